The van der Waals surface area contributed by atoms with Crippen molar-refractivity contribution in [2.24, 2.45) is 0 Å². The predicted octanol–water partition coefficient (Wildman–Crippen LogP) is 2.59. The molecule has 1 aliphatic carbocycles. The topological polar surface area (TPSA) is 28.2 Å². The van der Waals surface area contributed by atoms with Gasteiger partial charge in [0.05, 0.1) is 5.69 Å². The molecule has 0 bridgehead atoms. The standard InChI is InChI=1S/C12H21N3S/c1-4-7-13-8-10-11(9-5-6-9)14-12(16-10)15(2)3/h9,13H,4-8H2,1-3H3. The average molecular weight is 239 g/mol. The van der Waals surface area contributed by atoms with E-state index in [1.54, 1.807) is 0 Å². The molecule has 1 aromatic heterocycles. The lowest BCUT2D eigenvalue weighted by Crippen LogP contribution is -2.13. The summed E-state index contributed by atoms with van der Waals surface area (Å²) in [5.74, 6) is 0.753. The van der Waals surface area contributed by atoms with Crippen molar-refractivity contribution in [3.8, 4) is 0 Å². The van der Waals surface area contributed by atoms with Gasteiger partial charge in [0.2, 0.25) is 0 Å². The molecule has 1 aliphatic rings. The van der Waals surface area contributed by atoms with Crippen molar-refractivity contribution in [2.45, 2.75) is 38.6 Å². The van der Waals surface area contributed by atoms with Gasteiger partial charge in [0.1, 0.15) is 0 Å². The van der Waals surface area contributed by atoms with E-state index in [0.717, 1.165) is 24.1 Å². The Bertz CT molecular complexity index is 342. The highest BCUT2D eigenvalue weighted by Gasteiger charge is 2.29. The summed E-state index contributed by atoms with van der Waals surface area (Å²) in [7, 11) is 4.14. The number of rotatable bonds is 6. The molecule has 4 heteroatoms. The lowest BCUT2D eigenvalue weighted by atomic mass is 10.2. The van der Waals surface area contributed by atoms with Crippen LogP contribution < -0.4 is 10.2 Å². The van der Waals surface area contributed by atoms with Crippen LogP contribution in [0.3, 0.4) is 0 Å². The molecule has 0 unspecified atom stereocenters. The molecule has 2 rings (SSSR count). The molecular formula is C12H21N3S. The van der Waals surface area contributed by atoms with Crippen LogP contribution in [0.2, 0.25) is 0 Å². The van der Waals surface area contributed by atoms with Gasteiger partial charge in [-0.15, -0.1) is 11.3 Å². The molecule has 0 aromatic carbocycles. The lowest BCUT2D eigenvalue weighted by molar-refractivity contribution is 0.676. The van der Waals surface area contributed by atoms with Crippen LogP contribution >= 0.6 is 11.3 Å². The van der Waals surface area contributed by atoms with E-state index in [1.165, 1.54) is 29.8 Å². The largest absolute Gasteiger partial charge is 0.354 e. The van der Waals surface area contributed by atoms with Crippen molar-refractivity contribution in [3.63, 3.8) is 0 Å². The maximum Gasteiger partial charge on any atom is 0.185 e. The number of thiazole rings is 1. The number of aromatic nitrogens is 1. The van der Waals surface area contributed by atoms with Gasteiger partial charge in [-0.1, -0.05) is 6.92 Å². The fraction of sp³-hybridized carbons (Fsp3) is 0.750. The molecule has 0 radical (unpaired) electrons. The van der Waals surface area contributed by atoms with E-state index >= 15 is 0 Å². The Labute approximate surface area is 102 Å². The summed E-state index contributed by atoms with van der Waals surface area (Å²) in [6.07, 6.45) is 3.85. The van der Waals surface area contributed by atoms with Gasteiger partial charge in [-0.3, -0.25) is 0 Å². The third-order valence-corrected chi connectivity index (χ3v) is 4.01. The zero-order chi connectivity index (χ0) is 11.5. The van der Waals surface area contributed by atoms with Crippen molar-refractivity contribution in [2.75, 3.05) is 25.5 Å². The highest BCUT2D eigenvalue weighted by Crippen LogP contribution is 2.43. The molecule has 0 saturated heterocycles. The van der Waals surface area contributed by atoms with Crippen molar-refractivity contribution < 1.29 is 0 Å². The summed E-state index contributed by atoms with van der Waals surface area (Å²) in [6.45, 7) is 4.29. The molecule has 0 aliphatic heterocycles. The van der Waals surface area contributed by atoms with Gasteiger partial charge in [0.25, 0.3) is 0 Å². The molecule has 1 aromatic rings. The Hall–Kier alpha value is -0.610. The molecule has 0 amide bonds. The Morgan fingerprint density at radius 2 is 2.19 bits per heavy atom. The van der Waals surface area contributed by atoms with Gasteiger partial charge in [0, 0.05) is 31.4 Å². The number of hydrogen-bond donors (Lipinski definition) is 1. The smallest absolute Gasteiger partial charge is 0.185 e. The second-order valence-corrected chi connectivity index (χ2v) is 5.71. The molecule has 0 spiro atoms. The van der Waals surface area contributed by atoms with Gasteiger partial charge in [-0.2, -0.15) is 0 Å². The van der Waals surface area contributed by atoms with E-state index in [4.69, 9.17) is 4.98 Å². The van der Waals surface area contributed by atoms with E-state index < -0.39 is 0 Å². The zero-order valence-electron chi connectivity index (χ0n) is 10.4. The van der Waals surface area contributed by atoms with Crippen LogP contribution in [-0.2, 0) is 6.54 Å². The second kappa shape index (κ2) is 5.15. The van der Waals surface area contributed by atoms with Crippen LogP contribution in [0.25, 0.3) is 0 Å². The first kappa shape index (κ1) is 11.9. The maximum absolute atomic E-state index is 4.75. The summed E-state index contributed by atoms with van der Waals surface area (Å²) in [5, 5.41) is 4.63. The summed E-state index contributed by atoms with van der Waals surface area (Å²) < 4.78 is 0. The highest BCUT2D eigenvalue weighted by atomic mass is 32.1. The minimum Gasteiger partial charge on any atom is -0.354 e. The summed E-state index contributed by atoms with van der Waals surface area (Å²) in [4.78, 5) is 8.31. The molecule has 90 valence electrons. The van der Waals surface area contributed by atoms with Crippen molar-refractivity contribution in [3.05, 3.63) is 10.6 Å². The number of anilines is 1. The molecular weight excluding hydrogens is 218 g/mol. The van der Waals surface area contributed by atoms with E-state index in [1.807, 2.05) is 11.3 Å². The normalized spacial score (nSPS) is 15.4. The zero-order valence-corrected chi connectivity index (χ0v) is 11.2. The monoisotopic (exact) mass is 239 g/mol. The number of hydrogen-bond acceptors (Lipinski definition) is 4. The summed E-state index contributed by atoms with van der Waals surface area (Å²) >= 11 is 1.84. The Balaban J connectivity index is 2.07. The molecule has 3 nitrogen and oxygen atoms in total. The highest BCUT2D eigenvalue weighted by molar-refractivity contribution is 7.15. The first-order valence-corrected chi connectivity index (χ1v) is 6.91. The van der Waals surface area contributed by atoms with Gasteiger partial charge >= 0.3 is 0 Å². The summed E-state index contributed by atoms with van der Waals surface area (Å²) in [6, 6.07) is 0. The minimum absolute atomic E-state index is 0.753. The van der Waals surface area contributed by atoms with E-state index in [-0.39, 0.29) is 0 Å². The minimum atomic E-state index is 0.753. The second-order valence-electron chi connectivity index (χ2n) is 4.65. The predicted molar refractivity (Wildman–Crippen MR) is 70.4 cm³/mol. The van der Waals surface area contributed by atoms with Crippen molar-refractivity contribution >= 4 is 16.5 Å². The molecule has 16 heavy (non-hydrogen) atoms. The fourth-order valence-electron chi connectivity index (χ4n) is 1.72. The van der Waals surface area contributed by atoms with Crippen LogP contribution in [0.15, 0.2) is 0 Å². The maximum atomic E-state index is 4.75. The van der Waals surface area contributed by atoms with E-state index in [2.05, 4.69) is 31.2 Å². The number of nitrogens with zero attached hydrogens (tertiary/aromatic N) is 2. The van der Waals surface area contributed by atoms with Crippen LogP contribution in [0.1, 0.15) is 42.7 Å². The Morgan fingerprint density at radius 3 is 2.75 bits per heavy atom. The van der Waals surface area contributed by atoms with E-state index in [9.17, 15) is 0 Å². The van der Waals surface area contributed by atoms with Crippen LogP contribution in [0.5, 0.6) is 0 Å². The SMILES string of the molecule is CCCNCc1sc(N(C)C)nc1C1CC1. The molecule has 1 saturated carbocycles. The molecule has 1 N–H and O–H groups in total. The van der Waals surface area contributed by atoms with Crippen molar-refractivity contribution in [1.29, 1.82) is 0 Å². The van der Waals surface area contributed by atoms with Gasteiger partial charge in [-0.25, -0.2) is 4.98 Å². The first-order chi connectivity index (χ1) is 7.72. The third kappa shape index (κ3) is 2.74. The quantitative estimate of drug-likeness (QED) is 0.773. The van der Waals surface area contributed by atoms with Crippen LogP contribution in [0.4, 0.5) is 5.13 Å². The van der Waals surface area contributed by atoms with E-state index in [0.29, 0.717) is 0 Å². The molecule has 1 fully saturated rings. The van der Waals surface area contributed by atoms with Crippen LogP contribution in [-0.4, -0.2) is 25.6 Å². The van der Waals surface area contributed by atoms with Gasteiger partial charge < -0.3 is 10.2 Å². The third-order valence-electron chi connectivity index (χ3n) is 2.78. The fourth-order valence-corrected chi connectivity index (χ4v) is 2.76. The lowest BCUT2D eigenvalue weighted by Gasteiger charge is -2.05. The molecule has 1 heterocycles. The first-order valence-electron chi connectivity index (χ1n) is 6.10. The average Bonchev–Trinajstić information content (AvgIpc) is 3.00. The van der Waals surface area contributed by atoms with Crippen molar-refractivity contribution in [1.82, 2.24) is 10.3 Å². The molecule has 0 atom stereocenters. The Kier molecular flexibility index (Phi) is 3.82. The number of nitrogens with one attached hydrogen (secondary N) is 1. The van der Waals surface area contributed by atoms with Gasteiger partial charge in [-0.05, 0) is 25.8 Å². The van der Waals surface area contributed by atoms with Crippen LogP contribution in [0, 0.1) is 0 Å². The summed E-state index contributed by atoms with van der Waals surface area (Å²) in [5.41, 5.74) is 1.36. The van der Waals surface area contributed by atoms with Gasteiger partial charge in [0.15, 0.2) is 5.13 Å². The Morgan fingerprint density at radius 1 is 1.44 bits per heavy atom.